The molecule has 0 radical (unpaired) electrons. The highest BCUT2D eigenvalue weighted by Crippen LogP contribution is 2.31. The summed E-state index contributed by atoms with van der Waals surface area (Å²) in [4.78, 5) is 0. The van der Waals surface area contributed by atoms with Crippen molar-refractivity contribution in [3.05, 3.63) is 0 Å². The van der Waals surface area contributed by atoms with Gasteiger partial charge in [0.25, 0.3) is 0 Å². The first kappa shape index (κ1) is 27.9. The molecular weight excluding hydrogens is 472 g/mol. The first-order valence-corrected chi connectivity index (χ1v) is 10.6. The van der Waals surface area contributed by atoms with Gasteiger partial charge in [-0.2, -0.15) is 0 Å². The third-order valence-corrected chi connectivity index (χ3v) is 6.08. The zero-order valence-electron chi connectivity index (χ0n) is 17.7. The number of hydrogen-bond acceptors (Lipinski definition) is 16. The van der Waals surface area contributed by atoms with E-state index in [-0.39, 0.29) is 0 Å². The van der Waals surface area contributed by atoms with Gasteiger partial charge in [-0.15, -0.1) is 0 Å². The van der Waals surface area contributed by atoms with Crippen LogP contribution in [-0.2, 0) is 23.7 Å². The lowest BCUT2D eigenvalue weighted by molar-refractivity contribution is -0.393. The summed E-state index contributed by atoms with van der Waals surface area (Å²) in [5.74, 6) is 0. The minimum Gasteiger partial charge on any atom is -0.394 e. The second kappa shape index (κ2) is 11.6. The molecule has 3 rings (SSSR count). The number of aliphatic hydroxyl groups excluding tert-OH is 11. The average Bonchev–Trinajstić information content (AvgIpc) is 2.83. The fourth-order valence-corrected chi connectivity index (χ4v) is 3.97. The monoisotopic (exact) mass is 504 g/mol. The molecule has 0 aliphatic carbocycles. The summed E-state index contributed by atoms with van der Waals surface area (Å²) in [6, 6.07) is 0. The van der Waals surface area contributed by atoms with Crippen molar-refractivity contribution in [2.24, 2.45) is 0 Å². The fourth-order valence-electron chi connectivity index (χ4n) is 3.97. The normalized spacial score (nSPS) is 52.5. The lowest BCUT2D eigenvalue weighted by atomic mass is 9.96. The zero-order chi connectivity index (χ0) is 25.3. The highest BCUT2D eigenvalue weighted by molar-refractivity contribution is 4.95. The minimum absolute atomic E-state index is 0.750. The molecule has 3 heterocycles. The third-order valence-electron chi connectivity index (χ3n) is 6.08. The summed E-state index contributed by atoms with van der Waals surface area (Å²) < 4.78 is 26.5. The van der Waals surface area contributed by atoms with Crippen LogP contribution in [0.4, 0.5) is 0 Å². The van der Waals surface area contributed by atoms with Gasteiger partial charge in [-0.1, -0.05) is 0 Å². The van der Waals surface area contributed by atoms with E-state index in [1.54, 1.807) is 0 Å². The van der Waals surface area contributed by atoms with Crippen LogP contribution in [-0.4, -0.2) is 168 Å². The molecule has 0 bridgehead atoms. The van der Waals surface area contributed by atoms with E-state index in [0.717, 1.165) is 0 Å². The summed E-state index contributed by atoms with van der Waals surface area (Å²) in [5.41, 5.74) is 0. The standard InChI is InChI=1S/C18H32O16/c19-1-4-7(22)10(25)12(27)16(30-4)33-15-9(24)6(3-21)32-18(14(15)29)34-17-13(28)11(26)8(23)5(2-20)31-17/h4-29H,1-3H2. The molecule has 3 fully saturated rings. The summed E-state index contributed by atoms with van der Waals surface area (Å²) >= 11 is 0. The molecule has 16 nitrogen and oxygen atoms in total. The third kappa shape index (κ3) is 5.37. The van der Waals surface area contributed by atoms with Crippen LogP contribution in [0.2, 0.25) is 0 Å². The average molecular weight is 504 g/mol. The summed E-state index contributed by atoms with van der Waals surface area (Å²) in [6.45, 7) is -2.32. The quantitative estimate of drug-likeness (QED) is 0.154. The number of hydrogen-bond donors (Lipinski definition) is 11. The molecule has 0 amide bonds. The van der Waals surface area contributed by atoms with E-state index in [1.165, 1.54) is 0 Å². The molecule has 0 aromatic carbocycles. The van der Waals surface area contributed by atoms with Crippen LogP contribution in [0.5, 0.6) is 0 Å². The van der Waals surface area contributed by atoms with Gasteiger partial charge in [0.05, 0.1) is 19.8 Å². The molecule has 15 unspecified atom stereocenters. The van der Waals surface area contributed by atoms with Gasteiger partial charge in [-0.3, -0.25) is 0 Å². The molecule has 0 aromatic heterocycles. The molecule has 3 aliphatic rings. The van der Waals surface area contributed by atoms with Gasteiger partial charge < -0.3 is 79.9 Å². The number of aliphatic hydroxyl groups is 11. The Kier molecular flexibility index (Phi) is 9.54. The van der Waals surface area contributed by atoms with E-state index in [0.29, 0.717) is 0 Å². The van der Waals surface area contributed by atoms with Crippen LogP contribution in [0.3, 0.4) is 0 Å². The molecule has 0 spiro atoms. The largest absolute Gasteiger partial charge is 0.394 e. The van der Waals surface area contributed by atoms with Crippen molar-refractivity contribution in [1.82, 2.24) is 0 Å². The second-order valence-electron chi connectivity index (χ2n) is 8.34. The van der Waals surface area contributed by atoms with Crippen molar-refractivity contribution in [3.8, 4) is 0 Å². The van der Waals surface area contributed by atoms with E-state index in [9.17, 15) is 56.2 Å². The molecular formula is C18H32O16. The Balaban J connectivity index is 1.76. The fraction of sp³-hybridized carbons (Fsp3) is 1.00. The maximum atomic E-state index is 10.7. The van der Waals surface area contributed by atoms with E-state index >= 15 is 0 Å². The van der Waals surface area contributed by atoms with E-state index in [2.05, 4.69) is 0 Å². The molecule has 3 saturated heterocycles. The maximum absolute atomic E-state index is 10.7. The van der Waals surface area contributed by atoms with E-state index in [1.807, 2.05) is 0 Å². The topological polar surface area (TPSA) is 269 Å². The van der Waals surface area contributed by atoms with Crippen LogP contribution in [0.1, 0.15) is 0 Å². The Morgan fingerprint density at radius 2 is 0.765 bits per heavy atom. The summed E-state index contributed by atoms with van der Waals surface area (Å²) in [7, 11) is 0. The van der Waals surface area contributed by atoms with Crippen LogP contribution < -0.4 is 0 Å². The molecule has 0 saturated carbocycles. The zero-order valence-corrected chi connectivity index (χ0v) is 17.7. The van der Waals surface area contributed by atoms with Crippen LogP contribution in [0.15, 0.2) is 0 Å². The second-order valence-corrected chi connectivity index (χ2v) is 8.34. The predicted molar refractivity (Wildman–Crippen MR) is 101 cm³/mol. The SMILES string of the molecule is OCC1OC(OC2OC(CO)C(O)C(OC3OC(CO)C(O)C(O)C3O)C2O)C(O)C(O)C1O. The number of rotatable bonds is 7. The highest BCUT2D eigenvalue weighted by atomic mass is 16.8. The van der Waals surface area contributed by atoms with Gasteiger partial charge in [-0.25, -0.2) is 0 Å². The van der Waals surface area contributed by atoms with Gasteiger partial charge in [0.15, 0.2) is 18.9 Å². The predicted octanol–water partition coefficient (Wildman–Crippen LogP) is -7.57. The van der Waals surface area contributed by atoms with Gasteiger partial charge in [-0.05, 0) is 0 Å². The first-order chi connectivity index (χ1) is 16.0. The Morgan fingerprint density at radius 1 is 0.412 bits per heavy atom. The first-order valence-electron chi connectivity index (χ1n) is 10.6. The summed E-state index contributed by atoms with van der Waals surface area (Å²) in [5, 5.41) is 109. The van der Waals surface area contributed by atoms with Gasteiger partial charge >= 0.3 is 0 Å². The Bertz CT molecular complexity index is 637. The van der Waals surface area contributed by atoms with Crippen molar-refractivity contribution >= 4 is 0 Å². The van der Waals surface area contributed by atoms with Crippen LogP contribution >= 0.6 is 0 Å². The van der Waals surface area contributed by atoms with Crippen LogP contribution in [0.25, 0.3) is 0 Å². The minimum atomic E-state index is -1.91. The van der Waals surface area contributed by atoms with E-state index in [4.69, 9.17) is 23.7 Å². The van der Waals surface area contributed by atoms with Crippen molar-refractivity contribution in [1.29, 1.82) is 0 Å². The Labute approximate surface area is 192 Å². The van der Waals surface area contributed by atoms with Crippen molar-refractivity contribution in [2.45, 2.75) is 92.1 Å². The Hall–Kier alpha value is -0.640. The lowest BCUT2D eigenvalue weighted by Gasteiger charge is -2.47. The molecule has 3 aliphatic heterocycles. The smallest absolute Gasteiger partial charge is 0.189 e. The molecule has 34 heavy (non-hydrogen) atoms. The lowest BCUT2D eigenvalue weighted by Crippen LogP contribution is -2.66. The molecule has 11 N–H and O–H groups in total. The van der Waals surface area contributed by atoms with Gasteiger partial charge in [0, 0.05) is 0 Å². The summed E-state index contributed by atoms with van der Waals surface area (Å²) in [6.07, 6.45) is -25.4. The van der Waals surface area contributed by atoms with Gasteiger partial charge in [0.1, 0.15) is 73.2 Å². The van der Waals surface area contributed by atoms with Crippen molar-refractivity contribution < 1.29 is 79.9 Å². The maximum Gasteiger partial charge on any atom is 0.189 e. The Morgan fingerprint density at radius 3 is 1.18 bits per heavy atom. The van der Waals surface area contributed by atoms with Crippen LogP contribution in [0, 0.1) is 0 Å². The molecule has 0 aromatic rings. The molecule has 200 valence electrons. The highest BCUT2D eigenvalue weighted by Gasteiger charge is 2.53. The van der Waals surface area contributed by atoms with Crippen molar-refractivity contribution in [2.75, 3.05) is 19.8 Å². The number of ether oxygens (including phenoxy) is 5. The molecule has 16 heteroatoms. The molecule has 15 atom stereocenters. The van der Waals surface area contributed by atoms with Crippen molar-refractivity contribution in [3.63, 3.8) is 0 Å². The van der Waals surface area contributed by atoms with Gasteiger partial charge in [0.2, 0.25) is 0 Å². The van der Waals surface area contributed by atoms with E-state index < -0.39 is 112 Å².